The Hall–Kier alpha value is -1.26. The molecule has 2 fully saturated rings. The summed E-state index contributed by atoms with van der Waals surface area (Å²) in [5.41, 5.74) is 2.52. The van der Waals surface area contributed by atoms with Crippen LogP contribution in [-0.2, 0) is 11.3 Å². The number of rotatable bonds is 6. The first-order valence-corrected chi connectivity index (χ1v) is 8.68. The van der Waals surface area contributed by atoms with Crippen molar-refractivity contribution in [3.8, 4) is 5.75 Å². The Morgan fingerprint density at radius 1 is 1.23 bits per heavy atom. The van der Waals surface area contributed by atoms with Crippen LogP contribution in [-0.4, -0.2) is 39.0 Å². The third kappa shape index (κ3) is 3.93. The van der Waals surface area contributed by atoms with Crippen LogP contribution in [0.3, 0.4) is 0 Å². The molecule has 1 saturated carbocycles. The first-order valence-electron chi connectivity index (χ1n) is 8.68. The Bertz CT molecular complexity index is 466. The standard InChI is InChI=1S/C18H28N2O2/c1-2-22-18-13-15(14-19-16-5-3-4-6-16)7-8-17(18)20-9-11-21-12-10-20/h7-8,13,16,19H,2-6,9-12,14H2,1H3. The molecule has 0 unspecified atom stereocenters. The van der Waals surface area contributed by atoms with E-state index < -0.39 is 0 Å². The number of nitrogens with zero attached hydrogens (tertiary/aromatic N) is 1. The molecular formula is C18H28N2O2. The van der Waals surface area contributed by atoms with Crippen molar-refractivity contribution in [3.05, 3.63) is 23.8 Å². The quantitative estimate of drug-likeness (QED) is 0.876. The highest BCUT2D eigenvalue weighted by molar-refractivity contribution is 5.60. The molecule has 0 amide bonds. The van der Waals surface area contributed by atoms with Gasteiger partial charge in [0, 0.05) is 25.7 Å². The van der Waals surface area contributed by atoms with E-state index in [-0.39, 0.29) is 0 Å². The zero-order chi connectivity index (χ0) is 15.2. The van der Waals surface area contributed by atoms with E-state index in [1.165, 1.54) is 36.9 Å². The highest BCUT2D eigenvalue weighted by Gasteiger charge is 2.17. The van der Waals surface area contributed by atoms with Gasteiger partial charge in [-0.2, -0.15) is 0 Å². The summed E-state index contributed by atoms with van der Waals surface area (Å²) < 4.78 is 11.3. The maximum Gasteiger partial charge on any atom is 0.142 e. The third-order valence-corrected chi connectivity index (χ3v) is 4.63. The van der Waals surface area contributed by atoms with Gasteiger partial charge >= 0.3 is 0 Å². The third-order valence-electron chi connectivity index (χ3n) is 4.63. The molecular weight excluding hydrogens is 276 g/mol. The van der Waals surface area contributed by atoms with Crippen molar-refractivity contribution in [3.63, 3.8) is 0 Å². The van der Waals surface area contributed by atoms with E-state index in [1.54, 1.807) is 0 Å². The van der Waals surface area contributed by atoms with Gasteiger partial charge in [-0.15, -0.1) is 0 Å². The van der Waals surface area contributed by atoms with E-state index in [0.29, 0.717) is 12.6 Å². The summed E-state index contributed by atoms with van der Waals surface area (Å²) in [5, 5.41) is 3.68. The molecule has 2 aliphatic rings. The number of morpholine rings is 1. The molecule has 1 heterocycles. The van der Waals surface area contributed by atoms with Crippen LogP contribution >= 0.6 is 0 Å². The Balaban J connectivity index is 1.68. The Morgan fingerprint density at radius 2 is 2.00 bits per heavy atom. The summed E-state index contributed by atoms with van der Waals surface area (Å²) in [6.07, 6.45) is 5.39. The fraction of sp³-hybridized carbons (Fsp3) is 0.667. The van der Waals surface area contributed by atoms with E-state index in [0.717, 1.165) is 38.6 Å². The molecule has 22 heavy (non-hydrogen) atoms. The molecule has 0 bridgehead atoms. The van der Waals surface area contributed by atoms with Crippen LogP contribution in [0.2, 0.25) is 0 Å². The molecule has 0 atom stereocenters. The maximum absolute atomic E-state index is 5.89. The van der Waals surface area contributed by atoms with E-state index >= 15 is 0 Å². The number of benzene rings is 1. The van der Waals surface area contributed by atoms with Crippen molar-refractivity contribution < 1.29 is 9.47 Å². The van der Waals surface area contributed by atoms with Gasteiger partial charge in [0.1, 0.15) is 5.75 Å². The first kappa shape index (κ1) is 15.6. The lowest BCUT2D eigenvalue weighted by Crippen LogP contribution is -2.36. The number of nitrogens with one attached hydrogen (secondary N) is 1. The second-order valence-corrected chi connectivity index (χ2v) is 6.20. The van der Waals surface area contributed by atoms with Crippen molar-refractivity contribution in [1.29, 1.82) is 0 Å². The summed E-state index contributed by atoms with van der Waals surface area (Å²) >= 11 is 0. The second-order valence-electron chi connectivity index (χ2n) is 6.20. The minimum atomic E-state index is 0.703. The van der Waals surface area contributed by atoms with E-state index in [2.05, 4.69) is 28.4 Å². The van der Waals surface area contributed by atoms with Gasteiger partial charge in [0.05, 0.1) is 25.5 Å². The Labute approximate surface area is 133 Å². The zero-order valence-corrected chi connectivity index (χ0v) is 13.6. The van der Waals surface area contributed by atoms with Crippen LogP contribution in [0.25, 0.3) is 0 Å². The van der Waals surface area contributed by atoms with Gasteiger partial charge in [0.25, 0.3) is 0 Å². The van der Waals surface area contributed by atoms with E-state index in [1.807, 2.05) is 6.92 Å². The van der Waals surface area contributed by atoms with Gasteiger partial charge in [-0.1, -0.05) is 18.9 Å². The van der Waals surface area contributed by atoms with Gasteiger partial charge in [-0.3, -0.25) is 0 Å². The molecule has 0 radical (unpaired) electrons. The largest absolute Gasteiger partial charge is 0.492 e. The fourth-order valence-electron chi connectivity index (χ4n) is 3.40. The zero-order valence-electron chi connectivity index (χ0n) is 13.6. The minimum Gasteiger partial charge on any atom is -0.492 e. The van der Waals surface area contributed by atoms with Crippen molar-refractivity contribution >= 4 is 5.69 Å². The minimum absolute atomic E-state index is 0.703. The van der Waals surface area contributed by atoms with Crippen LogP contribution in [0.4, 0.5) is 5.69 Å². The van der Waals surface area contributed by atoms with Crippen LogP contribution in [0.15, 0.2) is 18.2 Å². The predicted molar refractivity (Wildman–Crippen MR) is 89.7 cm³/mol. The summed E-state index contributed by atoms with van der Waals surface area (Å²) in [6.45, 7) is 7.18. The van der Waals surface area contributed by atoms with Gasteiger partial charge < -0.3 is 19.7 Å². The normalized spacial score (nSPS) is 19.6. The van der Waals surface area contributed by atoms with Crippen molar-refractivity contribution in [2.75, 3.05) is 37.8 Å². The van der Waals surface area contributed by atoms with Crippen molar-refractivity contribution in [2.45, 2.75) is 45.2 Å². The molecule has 1 aromatic rings. The molecule has 1 aliphatic carbocycles. The average Bonchev–Trinajstić information content (AvgIpc) is 3.08. The monoisotopic (exact) mass is 304 g/mol. The molecule has 4 heteroatoms. The molecule has 3 rings (SSSR count). The number of hydrogen-bond donors (Lipinski definition) is 1. The summed E-state index contributed by atoms with van der Waals surface area (Å²) in [4.78, 5) is 2.36. The second kappa shape index (κ2) is 7.84. The first-order chi connectivity index (χ1) is 10.9. The molecule has 1 N–H and O–H groups in total. The van der Waals surface area contributed by atoms with Gasteiger partial charge in [0.2, 0.25) is 0 Å². The topological polar surface area (TPSA) is 33.7 Å². The fourth-order valence-corrected chi connectivity index (χ4v) is 3.40. The molecule has 1 saturated heterocycles. The number of hydrogen-bond acceptors (Lipinski definition) is 4. The van der Waals surface area contributed by atoms with E-state index in [9.17, 15) is 0 Å². The molecule has 4 nitrogen and oxygen atoms in total. The number of anilines is 1. The highest BCUT2D eigenvalue weighted by Crippen LogP contribution is 2.30. The lowest BCUT2D eigenvalue weighted by atomic mass is 10.1. The van der Waals surface area contributed by atoms with Gasteiger partial charge in [0.15, 0.2) is 0 Å². The molecule has 1 aliphatic heterocycles. The lowest BCUT2D eigenvalue weighted by Gasteiger charge is -2.30. The summed E-state index contributed by atoms with van der Waals surface area (Å²) in [6, 6.07) is 7.35. The molecule has 122 valence electrons. The highest BCUT2D eigenvalue weighted by atomic mass is 16.5. The van der Waals surface area contributed by atoms with Gasteiger partial charge in [-0.25, -0.2) is 0 Å². The van der Waals surface area contributed by atoms with Crippen molar-refractivity contribution in [2.24, 2.45) is 0 Å². The SMILES string of the molecule is CCOc1cc(CNC2CCCC2)ccc1N1CCOCC1. The van der Waals surface area contributed by atoms with E-state index in [4.69, 9.17) is 9.47 Å². The summed E-state index contributed by atoms with van der Waals surface area (Å²) in [7, 11) is 0. The molecule has 0 spiro atoms. The molecule has 0 aromatic heterocycles. The van der Waals surface area contributed by atoms with Crippen LogP contribution in [0, 0.1) is 0 Å². The Morgan fingerprint density at radius 3 is 2.73 bits per heavy atom. The molecule has 1 aromatic carbocycles. The predicted octanol–water partition coefficient (Wildman–Crippen LogP) is 2.95. The average molecular weight is 304 g/mol. The van der Waals surface area contributed by atoms with Crippen LogP contribution in [0.5, 0.6) is 5.75 Å². The van der Waals surface area contributed by atoms with Gasteiger partial charge in [-0.05, 0) is 37.5 Å². The van der Waals surface area contributed by atoms with Crippen molar-refractivity contribution in [1.82, 2.24) is 5.32 Å². The lowest BCUT2D eigenvalue weighted by molar-refractivity contribution is 0.122. The summed E-state index contributed by atoms with van der Waals surface area (Å²) in [5.74, 6) is 1.01. The maximum atomic E-state index is 5.89. The smallest absolute Gasteiger partial charge is 0.142 e. The van der Waals surface area contributed by atoms with Crippen LogP contribution < -0.4 is 15.0 Å². The van der Waals surface area contributed by atoms with Crippen LogP contribution in [0.1, 0.15) is 38.2 Å². The Kier molecular flexibility index (Phi) is 5.57. The number of ether oxygens (including phenoxy) is 2.